The zero-order valence-corrected chi connectivity index (χ0v) is 6.92. The van der Waals surface area contributed by atoms with Gasteiger partial charge in [-0.25, -0.2) is 4.79 Å². The first-order chi connectivity index (χ1) is 5.48. The summed E-state index contributed by atoms with van der Waals surface area (Å²) < 4.78 is 0. The predicted octanol–water partition coefficient (Wildman–Crippen LogP) is -1.32. The molecule has 0 unspecified atom stereocenters. The molecule has 0 saturated carbocycles. The lowest BCUT2D eigenvalue weighted by Crippen LogP contribution is -2.61. The molecule has 0 aromatic rings. The lowest BCUT2D eigenvalue weighted by atomic mass is 10.1. The van der Waals surface area contributed by atoms with Gasteiger partial charge < -0.3 is 10.2 Å². The SMILES string of the molecule is CNC(CC(=O)O)(NC)C(=O)O. The molecular formula is C6H12N2O4. The van der Waals surface area contributed by atoms with Crippen LogP contribution in [0.3, 0.4) is 0 Å². The fourth-order valence-corrected chi connectivity index (χ4v) is 0.818. The van der Waals surface area contributed by atoms with E-state index >= 15 is 0 Å². The minimum Gasteiger partial charge on any atom is -0.481 e. The Bertz CT molecular complexity index is 188. The molecule has 0 atom stereocenters. The van der Waals surface area contributed by atoms with Crippen LogP contribution in [0.2, 0.25) is 0 Å². The number of carbonyl (C=O) groups is 2. The minimum absolute atomic E-state index is 0.519. The molecule has 0 aliphatic rings. The van der Waals surface area contributed by atoms with Crippen molar-refractivity contribution in [2.75, 3.05) is 14.1 Å². The number of hydrogen-bond donors (Lipinski definition) is 4. The number of carboxylic acid groups (broad SMARTS) is 2. The average Bonchev–Trinajstić information content (AvgIpc) is 1.99. The van der Waals surface area contributed by atoms with Crippen LogP contribution in [0.15, 0.2) is 0 Å². The fourth-order valence-electron chi connectivity index (χ4n) is 0.818. The first kappa shape index (κ1) is 10.9. The first-order valence-corrected chi connectivity index (χ1v) is 3.31. The van der Waals surface area contributed by atoms with E-state index in [9.17, 15) is 9.59 Å². The van der Waals surface area contributed by atoms with Gasteiger partial charge in [0.2, 0.25) is 0 Å². The third-order valence-corrected chi connectivity index (χ3v) is 1.64. The van der Waals surface area contributed by atoms with Gasteiger partial charge in [0.15, 0.2) is 5.66 Å². The van der Waals surface area contributed by atoms with Crippen molar-refractivity contribution in [3.63, 3.8) is 0 Å². The zero-order valence-electron chi connectivity index (χ0n) is 6.92. The maximum absolute atomic E-state index is 10.6. The largest absolute Gasteiger partial charge is 0.481 e. The van der Waals surface area contributed by atoms with Crippen molar-refractivity contribution in [1.29, 1.82) is 0 Å². The normalized spacial score (nSPS) is 11.2. The smallest absolute Gasteiger partial charge is 0.339 e. The van der Waals surface area contributed by atoms with Crippen molar-refractivity contribution in [2.45, 2.75) is 12.1 Å². The van der Waals surface area contributed by atoms with Crippen molar-refractivity contribution in [3.05, 3.63) is 0 Å². The van der Waals surface area contributed by atoms with E-state index in [0.29, 0.717) is 0 Å². The van der Waals surface area contributed by atoms with Crippen molar-refractivity contribution >= 4 is 11.9 Å². The van der Waals surface area contributed by atoms with E-state index in [-0.39, 0.29) is 0 Å². The van der Waals surface area contributed by atoms with Crippen molar-refractivity contribution in [3.8, 4) is 0 Å². The van der Waals surface area contributed by atoms with Crippen LogP contribution in [0.1, 0.15) is 6.42 Å². The highest BCUT2D eigenvalue weighted by atomic mass is 16.4. The molecule has 0 saturated heterocycles. The Kier molecular flexibility index (Phi) is 3.65. The second-order valence-corrected chi connectivity index (χ2v) is 2.28. The lowest BCUT2D eigenvalue weighted by molar-refractivity contribution is -0.152. The van der Waals surface area contributed by atoms with E-state index in [0.717, 1.165) is 0 Å². The summed E-state index contributed by atoms with van der Waals surface area (Å²) in [5, 5.41) is 21.9. The standard InChI is InChI=1S/C6H12N2O4/c1-7-6(8-2,5(11)12)3-4(9)10/h7-8H,3H2,1-2H3,(H,9,10)(H,11,12). The van der Waals surface area contributed by atoms with Gasteiger partial charge in [-0.1, -0.05) is 0 Å². The minimum atomic E-state index is -1.58. The lowest BCUT2D eigenvalue weighted by Gasteiger charge is -2.26. The summed E-state index contributed by atoms with van der Waals surface area (Å²) in [7, 11) is 2.76. The van der Waals surface area contributed by atoms with Gasteiger partial charge in [-0.05, 0) is 14.1 Å². The van der Waals surface area contributed by atoms with Crippen LogP contribution in [0, 0.1) is 0 Å². The molecule has 0 bridgehead atoms. The van der Waals surface area contributed by atoms with Crippen molar-refractivity contribution in [1.82, 2.24) is 10.6 Å². The molecule has 0 aromatic heterocycles. The van der Waals surface area contributed by atoms with Gasteiger partial charge in [0.1, 0.15) is 0 Å². The summed E-state index contributed by atoms with van der Waals surface area (Å²) in [6.45, 7) is 0. The highest BCUT2D eigenvalue weighted by molar-refractivity contribution is 5.84. The molecule has 6 heteroatoms. The zero-order chi connectivity index (χ0) is 9.78. The highest BCUT2D eigenvalue weighted by Crippen LogP contribution is 2.04. The van der Waals surface area contributed by atoms with Gasteiger partial charge in [0.05, 0.1) is 6.42 Å². The molecule has 12 heavy (non-hydrogen) atoms. The molecule has 70 valence electrons. The Morgan fingerprint density at radius 1 is 1.25 bits per heavy atom. The molecule has 0 aromatic carbocycles. The highest BCUT2D eigenvalue weighted by Gasteiger charge is 2.37. The summed E-state index contributed by atoms with van der Waals surface area (Å²) in [6.07, 6.45) is -0.519. The Morgan fingerprint density at radius 3 is 1.75 bits per heavy atom. The van der Waals surface area contributed by atoms with Crippen LogP contribution in [-0.2, 0) is 9.59 Å². The number of carboxylic acids is 2. The third kappa shape index (κ3) is 2.18. The van der Waals surface area contributed by atoms with Crippen molar-refractivity contribution < 1.29 is 19.8 Å². The van der Waals surface area contributed by atoms with Crippen LogP contribution < -0.4 is 10.6 Å². The van der Waals surface area contributed by atoms with Gasteiger partial charge in [-0.3, -0.25) is 15.4 Å². The summed E-state index contributed by atoms with van der Waals surface area (Å²) in [5.74, 6) is -2.42. The number of nitrogens with one attached hydrogen (secondary N) is 2. The Hall–Kier alpha value is -1.14. The molecule has 0 heterocycles. The van der Waals surface area contributed by atoms with Crippen LogP contribution >= 0.6 is 0 Å². The predicted molar refractivity (Wildman–Crippen MR) is 40.7 cm³/mol. The fraction of sp³-hybridized carbons (Fsp3) is 0.667. The number of rotatable bonds is 5. The van der Waals surface area contributed by atoms with Gasteiger partial charge in [-0.15, -0.1) is 0 Å². The third-order valence-electron chi connectivity index (χ3n) is 1.64. The molecule has 0 fully saturated rings. The molecule has 0 amide bonds. The Balaban J connectivity index is 4.58. The summed E-state index contributed by atoms with van der Waals surface area (Å²) in [5.41, 5.74) is -1.58. The van der Waals surface area contributed by atoms with Crippen LogP contribution in [0.5, 0.6) is 0 Å². The Morgan fingerprint density at radius 2 is 1.67 bits per heavy atom. The molecule has 0 rings (SSSR count). The van der Waals surface area contributed by atoms with Gasteiger partial charge in [0.25, 0.3) is 0 Å². The number of hydrogen-bond acceptors (Lipinski definition) is 4. The number of aliphatic carboxylic acids is 2. The molecule has 0 aliphatic carbocycles. The quantitative estimate of drug-likeness (QED) is 0.388. The maximum Gasteiger partial charge on any atom is 0.339 e. The first-order valence-electron chi connectivity index (χ1n) is 3.31. The van der Waals surface area contributed by atoms with Gasteiger partial charge in [0, 0.05) is 0 Å². The van der Waals surface area contributed by atoms with Crippen molar-refractivity contribution in [2.24, 2.45) is 0 Å². The van der Waals surface area contributed by atoms with Crippen LogP contribution in [0.25, 0.3) is 0 Å². The van der Waals surface area contributed by atoms with E-state index in [1.807, 2.05) is 0 Å². The average molecular weight is 176 g/mol. The summed E-state index contributed by atoms with van der Waals surface area (Å²) in [6, 6.07) is 0. The van der Waals surface area contributed by atoms with Gasteiger partial charge >= 0.3 is 11.9 Å². The second-order valence-electron chi connectivity index (χ2n) is 2.28. The van der Waals surface area contributed by atoms with E-state index in [1.165, 1.54) is 14.1 Å². The van der Waals surface area contributed by atoms with Crippen LogP contribution in [-0.4, -0.2) is 41.9 Å². The van der Waals surface area contributed by atoms with Gasteiger partial charge in [-0.2, -0.15) is 0 Å². The molecule has 0 radical (unpaired) electrons. The molecular weight excluding hydrogens is 164 g/mol. The monoisotopic (exact) mass is 176 g/mol. The van der Waals surface area contributed by atoms with E-state index in [1.54, 1.807) is 0 Å². The van der Waals surface area contributed by atoms with E-state index in [2.05, 4.69) is 10.6 Å². The second kappa shape index (κ2) is 4.03. The topological polar surface area (TPSA) is 98.7 Å². The molecule has 4 N–H and O–H groups in total. The van der Waals surface area contributed by atoms with Crippen LogP contribution in [0.4, 0.5) is 0 Å². The summed E-state index contributed by atoms with van der Waals surface area (Å²) >= 11 is 0. The maximum atomic E-state index is 10.6. The number of likely N-dealkylation sites (N-methyl/N-ethyl adjacent to an activating group) is 2. The van der Waals surface area contributed by atoms with E-state index < -0.39 is 24.0 Å². The molecule has 6 nitrogen and oxygen atoms in total. The molecule has 0 aliphatic heterocycles. The van der Waals surface area contributed by atoms with E-state index in [4.69, 9.17) is 10.2 Å². The molecule has 0 spiro atoms. The summed E-state index contributed by atoms with van der Waals surface area (Å²) in [4.78, 5) is 20.9. The Labute approximate surface area is 69.6 Å².